The highest BCUT2D eigenvalue weighted by atomic mass is 16.5. The number of hydrogen-bond donors (Lipinski definition) is 1. The Kier molecular flexibility index (Phi) is 7.22. The third-order valence-electron chi connectivity index (χ3n) is 4.44. The highest BCUT2D eigenvalue weighted by Gasteiger charge is 2.09. The van der Waals surface area contributed by atoms with Gasteiger partial charge in [0.1, 0.15) is 17.3 Å². The van der Waals surface area contributed by atoms with E-state index < -0.39 is 0 Å². The van der Waals surface area contributed by atoms with Crippen molar-refractivity contribution in [2.24, 2.45) is 5.10 Å². The summed E-state index contributed by atoms with van der Waals surface area (Å²) in [6.07, 6.45) is 1.41. The fourth-order valence-electron chi connectivity index (χ4n) is 2.93. The molecule has 0 radical (unpaired) electrons. The van der Waals surface area contributed by atoms with Crippen LogP contribution in [0.2, 0.25) is 0 Å². The predicted octanol–water partition coefficient (Wildman–Crippen LogP) is 4.27. The number of ether oxygens (including phenoxy) is 2. The van der Waals surface area contributed by atoms with E-state index in [-0.39, 0.29) is 18.5 Å². The van der Waals surface area contributed by atoms with Crippen LogP contribution >= 0.6 is 0 Å². The maximum Gasteiger partial charge on any atom is 0.338 e. The number of hydrogen-bond acceptors (Lipinski definition) is 6. The molecule has 0 bridgehead atoms. The van der Waals surface area contributed by atoms with E-state index in [0.717, 1.165) is 16.7 Å². The summed E-state index contributed by atoms with van der Waals surface area (Å²) in [5, 5.41) is 3.90. The van der Waals surface area contributed by atoms with Gasteiger partial charge in [-0.3, -0.25) is 4.79 Å². The van der Waals surface area contributed by atoms with Gasteiger partial charge >= 0.3 is 5.97 Å². The summed E-state index contributed by atoms with van der Waals surface area (Å²) in [6.45, 7) is 5.81. The minimum absolute atomic E-state index is 0.140. The number of carbonyl (C=O) groups excluding carboxylic acids is 2. The highest BCUT2D eigenvalue weighted by Crippen LogP contribution is 2.23. The number of hydrazone groups is 1. The molecule has 1 N–H and O–H groups in total. The monoisotopic (exact) mass is 420 g/mol. The zero-order valence-corrected chi connectivity index (χ0v) is 17.7. The van der Waals surface area contributed by atoms with E-state index in [1.54, 1.807) is 43.3 Å². The van der Waals surface area contributed by atoms with Gasteiger partial charge in [0, 0.05) is 5.56 Å². The third kappa shape index (κ3) is 5.82. The molecular weight excluding hydrogens is 396 g/mol. The molecule has 1 aromatic heterocycles. The molecule has 31 heavy (non-hydrogen) atoms. The van der Waals surface area contributed by atoms with Crippen LogP contribution in [-0.4, -0.2) is 31.3 Å². The molecule has 0 aliphatic carbocycles. The summed E-state index contributed by atoms with van der Waals surface area (Å²) in [5.74, 6) is 1.05. The Hall–Kier alpha value is -3.87. The number of esters is 1. The van der Waals surface area contributed by atoms with Crippen molar-refractivity contribution in [3.8, 4) is 17.1 Å². The highest BCUT2D eigenvalue weighted by molar-refractivity contribution is 5.90. The average molecular weight is 420 g/mol. The fourth-order valence-corrected chi connectivity index (χ4v) is 2.93. The lowest BCUT2D eigenvalue weighted by atomic mass is 10.1. The molecule has 7 heteroatoms. The second kappa shape index (κ2) is 10.2. The first-order valence-electron chi connectivity index (χ1n) is 9.86. The summed E-state index contributed by atoms with van der Waals surface area (Å²) >= 11 is 0. The number of benzene rings is 2. The average Bonchev–Trinajstić information content (AvgIpc) is 3.22. The second-order valence-corrected chi connectivity index (χ2v) is 6.80. The summed E-state index contributed by atoms with van der Waals surface area (Å²) in [4.78, 5) is 23.7. The lowest BCUT2D eigenvalue weighted by molar-refractivity contribution is -0.123. The van der Waals surface area contributed by atoms with Crippen LogP contribution in [0.25, 0.3) is 11.3 Å². The SMILES string of the molecule is CCOC(=O)c1ccc(-c2ccc(C=NNC(=O)COc3c(C)cccc3C)o2)cc1. The van der Waals surface area contributed by atoms with E-state index in [2.05, 4.69) is 10.5 Å². The Labute approximate surface area is 180 Å². The van der Waals surface area contributed by atoms with Gasteiger partial charge in [0.2, 0.25) is 0 Å². The molecule has 3 aromatic rings. The summed E-state index contributed by atoms with van der Waals surface area (Å²) in [7, 11) is 0. The van der Waals surface area contributed by atoms with E-state index >= 15 is 0 Å². The van der Waals surface area contributed by atoms with Gasteiger partial charge < -0.3 is 13.9 Å². The molecule has 1 heterocycles. The molecule has 0 aliphatic rings. The molecular formula is C24H24N2O5. The molecule has 0 aliphatic heterocycles. The van der Waals surface area contributed by atoms with Gasteiger partial charge in [0.15, 0.2) is 6.61 Å². The van der Waals surface area contributed by atoms with Crippen LogP contribution in [-0.2, 0) is 9.53 Å². The van der Waals surface area contributed by atoms with Crippen molar-refractivity contribution >= 4 is 18.1 Å². The van der Waals surface area contributed by atoms with Crippen LogP contribution in [0.4, 0.5) is 0 Å². The van der Waals surface area contributed by atoms with Gasteiger partial charge in [0.25, 0.3) is 5.91 Å². The van der Waals surface area contributed by atoms with Crippen molar-refractivity contribution in [3.63, 3.8) is 0 Å². The molecule has 1 amide bonds. The minimum Gasteiger partial charge on any atom is -0.483 e. The molecule has 2 aromatic carbocycles. The van der Waals surface area contributed by atoms with Gasteiger partial charge in [0.05, 0.1) is 18.4 Å². The molecule has 0 saturated carbocycles. The third-order valence-corrected chi connectivity index (χ3v) is 4.44. The summed E-state index contributed by atoms with van der Waals surface area (Å²) in [5.41, 5.74) is 5.63. The largest absolute Gasteiger partial charge is 0.483 e. The minimum atomic E-state index is -0.375. The molecule has 0 atom stereocenters. The van der Waals surface area contributed by atoms with Crippen molar-refractivity contribution in [1.29, 1.82) is 0 Å². The van der Waals surface area contributed by atoms with E-state index in [9.17, 15) is 9.59 Å². The van der Waals surface area contributed by atoms with E-state index in [1.165, 1.54) is 6.21 Å². The molecule has 0 fully saturated rings. The van der Waals surface area contributed by atoms with Gasteiger partial charge in [-0.05, 0) is 56.2 Å². The maximum absolute atomic E-state index is 12.0. The van der Waals surface area contributed by atoms with Crippen LogP contribution in [0.5, 0.6) is 5.75 Å². The molecule has 160 valence electrons. The normalized spacial score (nSPS) is 10.8. The van der Waals surface area contributed by atoms with E-state index in [1.807, 2.05) is 32.0 Å². The topological polar surface area (TPSA) is 90.1 Å². The second-order valence-electron chi connectivity index (χ2n) is 6.80. The zero-order valence-electron chi connectivity index (χ0n) is 17.7. The Balaban J connectivity index is 1.53. The quantitative estimate of drug-likeness (QED) is 0.334. The molecule has 7 nitrogen and oxygen atoms in total. The molecule has 0 unspecified atom stereocenters. The van der Waals surface area contributed by atoms with Crippen LogP contribution < -0.4 is 10.2 Å². The lowest BCUT2D eigenvalue weighted by Crippen LogP contribution is -2.24. The summed E-state index contributed by atoms with van der Waals surface area (Å²) in [6, 6.07) is 16.2. The number of para-hydroxylation sites is 1. The number of carbonyl (C=O) groups is 2. The number of rotatable bonds is 8. The van der Waals surface area contributed by atoms with Crippen molar-refractivity contribution in [2.45, 2.75) is 20.8 Å². The first-order valence-corrected chi connectivity index (χ1v) is 9.86. The number of furan rings is 1. The summed E-state index contributed by atoms with van der Waals surface area (Å²) < 4.78 is 16.3. The number of nitrogens with zero attached hydrogens (tertiary/aromatic N) is 1. The van der Waals surface area contributed by atoms with Crippen LogP contribution in [0.1, 0.15) is 34.2 Å². The van der Waals surface area contributed by atoms with E-state index in [4.69, 9.17) is 13.9 Å². The number of amides is 1. The van der Waals surface area contributed by atoms with E-state index in [0.29, 0.717) is 29.4 Å². The molecule has 0 spiro atoms. The smallest absolute Gasteiger partial charge is 0.338 e. The van der Waals surface area contributed by atoms with Gasteiger partial charge in [-0.2, -0.15) is 5.10 Å². The van der Waals surface area contributed by atoms with Crippen LogP contribution in [0, 0.1) is 13.8 Å². The van der Waals surface area contributed by atoms with Gasteiger partial charge in [-0.15, -0.1) is 0 Å². The lowest BCUT2D eigenvalue weighted by Gasteiger charge is -2.10. The zero-order chi connectivity index (χ0) is 22.2. The standard InChI is InChI=1S/C24H24N2O5/c1-4-29-24(28)19-10-8-18(9-11-19)21-13-12-20(31-21)14-25-26-22(27)15-30-23-16(2)6-5-7-17(23)3/h5-14H,4,15H2,1-3H3,(H,26,27). The first-order chi connectivity index (χ1) is 15.0. The number of nitrogens with one attached hydrogen (secondary N) is 1. The Morgan fingerprint density at radius 1 is 1.03 bits per heavy atom. The van der Waals surface area contributed by atoms with Crippen molar-refractivity contribution in [3.05, 3.63) is 77.0 Å². The Bertz CT molecular complexity index is 1060. The van der Waals surface area contributed by atoms with Crippen LogP contribution in [0.3, 0.4) is 0 Å². The first kappa shape index (κ1) is 21.8. The van der Waals surface area contributed by atoms with Gasteiger partial charge in [-0.25, -0.2) is 10.2 Å². The van der Waals surface area contributed by atoms with Gasteiger partial charge in [-0.1, -0.05) is 30.3 Å². The predicted molar refractivity (Wildman–Crippen MR) is 117 cm³/mol. The van der Waals surface area contributed by atoms with Crippen molar-refractivity contribution in [2.75, 3.05) is 13.2 Å². The number of aryl methyl sites for hydroxylation is 2. The fraction of sp³-hybridized carbons (Fsp3) is 0.208. The Morgan fingerprint density at radius 3 is 2.42 bits per heavy atom. The molecule has 3 rings (SSSR count). The maximum atomic E-state index is 12.0. The molecule has 0 saturated heterocycles. The van der Waals surface area contributed by atoms with Crippen molar-refractivity contribution in [1.82, 2.24) is 5.43 Å². The Morgan fingerprint density at radius 2 is 1.74 bits per heavy atom. The van der Waals surface area contributed by atoms with Crippen molar-refractivity contribution < 1.29 is 23.5 Å². The van der Waals surface area contributed by atoms with Crippen LogP contribution in [0.15, 0.2) is 64.1 Å².